The van der Waals surface area contributed by atoms with E-state index in [1.54, 1.807) is 0 Å². The smallest absolute Gasteiger partial charge is 0.282 e. The predicted molar refractivity (Wildman–Crippen MR) is 148 cm³/mol. The van der Waals surface area contributed by atoms with Crippen molar-refractivity contribution in [2.24, 2.45) is 11.3 Å². The molecule has 4 rings (SSSR count). The molecule has 4 aromatic rings. The average Bonchev–Trinajstić information content (AvgIpc) is 3.27. The van der Waals surface area contributed by atoms with Crippen molar-refractivity contribution in [1.29, 1.82) is 0 Å². The third-order valence-electron chi connectivity index (χ3n) is 8.15. The van der Waals surface area contributed by atoms with Gasteiger partial charge in [-0.1, -0.05) is 65.5 Å². The van der Waals surface area contributed by atoms with E-state index in [0.717, 1.165) is 38.2 Å². The van der Waals surface area contributed by atoms with Crippen LogP contribution >= 0.6 is 0 Å². The molecule has 0 radical (unpaired) electrons. The normalized spacial score (nSPS) is 14.8. The molecule has 1 N–H and O–H groups in total. The highest BCUT2D eigenvalue weighted by Crippen LogP contribution is 2.39. The van der Waals surface area contributed by atoms with Crippen molar-refractivity contribution >= 4 is 31.7 Å². The van der Waals surface area contributed by atoms with Crippen molar-refractivity contribution in [2.75, 3.05) is 0 Å². The first-order valence-corrected chi connectivity index (χ1v) is 14.3. The molecule has 0 saturated carbocycles. The molecule has 0 spiro atoms. The van der Waals surface area contributed by atoms with Crippen LogP contribution in [0.25, 0.3) is 27.2 Å². The molecule has 0 aliphatic heterocycles. The van der Waals surface area contributed by atoms with Gasteiger partial charge in [-0.3, -0.25) is 28.3 Å². The van der Waals surface area contributed by atoms with Crippen LogP contribution in [0.3, 0.4) is 0 Å². The maximum absolute atomic E-state index is 13.4. The molecule has 0 fully saturated rings. The van der Waals surface area contributed by atoms with Crippen LogP contribution < -0.4 is 22.2 Å². The lowest BCUT2D eigenvalue weighted by Crippen LogP contribution is -2.36. The van der Waals surface area contributed by atoms with Crippen molar-refractivity contribution in [3.05, 3.63) is 77.8 Å². The maximum atomic E-state index is 13.4. The average molecular weight is 541 g/mol. The summed E-state index contributed by atoms with van der Waals surface area (Å²) in [4.78, 5) is 52.7. The molecule has 0 bridgehead atoms. The van der Waals surface area contributed by atoms with Crippen LogP contribution in [0.4, 0.5) is 0 Å². The molecule has 2 aromatic carbocycles. The van der Waals surface area contributed by atoms with E-state index in [-0.39, 0.29) is 45.1 Å². The van der Waals surface area contributed by atoms with Gasteiger partial charge in [-0.25, -0.2) is 4.57 Å². The minimum atomic E-state index is -4.74. The molecular formula is C28H32N2O7S. The Bertz CT molecular complexity index is 1760. The second-order valence-corrected chi connectivity index (χ2v) is 11.7. The summed E-state index contributed by atoms with van der Waals surface area (Å²) < 4.78 is 35.2. The van der Waals surface area contributed by atoms with Crippen LogP contribution in [-0.2, 0) is 16.7 Å². The minimum Gasteiger partial charge on any atom is -0.282 e. The SMILES string of the molecule is CCCCC(C)(CC)C(CC)Cn1c(=O)c2cc3c(=O)n(-c4ccccc4S(=O)(=O)O)c(=O)c3cc2c1=O. The first-order chi connectivity index (χ1) is 17.9. The van der Waals surface area contributed by atoms with Crippen LogP contribution in [-0.4, -0.2) is 22.1 Å². The Morgan fingerprint density at radius 2 is 1.39 bits per heavy atom. The zero-order valence-electron chi connectivity index (χ0n) is 22.0. The van der Waals surface area contributed by atoms with Crippen molar-refractivity contribution in [3.63, 3.8) is 0 Å². The van der Waals surface area contributed by atoms with Crippen LogP contribution in [0.1, 0.15) is 59.8 Å². The Morgan fingerprint density at radius 3 is 1.87 bits per heavy atom. The van der Waals surface area contributed by atoms with Crippen molar-refractivity contribution in [3.8, 4) is 5.69 Å². The lowest BCUT2D eigenvalue weighted by atomic mass is 9.70. The van der Waals surface area contributed by atoms with Crippen LogP contribution in [0.2, 0.25) is 0 Å². The number of para-hydroxylation sites is 1. The lowest BCUT2D eigenvalue weighted by Gasteiger charge is -2.37. The molecule has 2 unspecified atom stereocenters. The van der Waals surface area contributed by atoms with Gasteiger partial charge in [0.2, 0.25) is 0 Å². The minimum absolute atomic E-state index is 0.0430. The van der Waals surface area contributed by atoms with Gasteiger partial charge in [0.1, 0.15) is 4.90 Å². The number of hydrogen-bond acceptors (Lipinski definition) is 6. The highest BCUT2D eigenvalue weighted by Gasteiger charge is 2.32. The van der Waals surface area contributed by atoms with E-state index < -0.39 is 37.3 Å². The van der Waals surface area contributed by atoms with Gasteiger partial charge in [0.05, 0.1) is 27.2 Å². The van der Waals surface area contributed by atoms with Crippen molar-refractivity contribution in [2.45, 2.75) is 71.2 Å². The van der Waals surface area contributed by atoms with Crippen molar-refractivity contribution in [1.82, 2.24) is 9.13 Å². The topological polar surface area (TPSA) is 133 Å². The third-order valence-corrected chi connectivity index (χ3v) is 9.05. The third kappa shape index (κ3) is 4.45. The fourth-order valence-corrected chi connectivity index (χ4v) is 6.26. The molecule has 0 amide bonds. The lowest BCUT2D eigenvalue weighted by molar-refractivity contribution is 0.131. The van der Waals surface area contributed by atoms with Gasteiger partial charge in [-0.05, 0) is 42.0 Å². The molecule has 10 heteroatoms. The molecule has 2 aromatic heterocycles. The molecule has 2 heterocycles. The van der Waals surface area contributed by atoms with E-state index in [1.165, 1.54) is 34.9 Å². The fraction of sp³-hybridized carbons (Fsp3) is 0.429. The molecule has 9 nitrogen and oxygen atoms in total. The van der Waals surface area contributed by atoms with Crippen LogP contribution in [0, 0.1) is 11.3 Å². The largest absolute Gasteiger partial charge is 0.296 e. The van der Waals surface area contributed by atoms with E-state index >= 15 is 0 Å². The van der Waals surface area contributed by atoms with Crippen LogP contribution in [0.15, 0.2) is 60.5 Å². The van der Waals surface area contributed by atoms with Crippen molar-refractivity contribution < 1.29 is 13.0 Å². The highest BCUT2D eigenvalue weighted by molar-refractivity contribution is 7.86. The molecular weight excluding hydrogens is 508 g/mol. The van der Waals surface area contributed by atoms with Crippen LogP contribution in [0.5, 0.6) is 0 Å². The van der Waals surface area contributed by atoms with Gasteiger partial charge in [0.15, 0.2) is 0 Å². The number of hydrogen-bond donors (Lipinski definition) is 1. The summed E-state index contributed by atoms with van der Waals surface area (Å²) in [6.45, 7) is 8.74. The number of unbranched alkanes of at least 4 members (excludes halogenated alkanes) is 1. The van der Waals surface area contributed by atoms with E-state index in [4.69, 9.17) is 0 Å². The maximum Gasteiger partial charge on any atom is 0.296 e. The summed E-state index contributed by atoms with van der Waals surface area (Å²) in [6.07, 6.45) is 4.79. The van der Waals surface area contributed by atoms with Gasteiger partial charge in [0, 0.05) is 6.54 Å². The summed E-state index contributed by atoms with van der Waals surface area (Å²) >= 11 is 0. The number of fused-ring (bicyclic) bond motifs is 2. The first kappa shape index (κ1) is 27.7. The number of nitrogens with zero attached hydrogens (tertiary/aromatic N) is 2. The standard InChI is InChI=1S/C28H32N2O7S/c1-5-8-13-28(4,7-3)17(6-2)16-29-24(31)18-14-20-21(15-19(18)25(29)32)27(34)30(26(20)33)22-11-9-10-12-23(22)38(35,36)37/h9-12,14-15,17H,5-8,13,16H2,1-4H3,(H,35,36,37). The summed E-state index contributed by atoms with van der Waals surface area (Å²) in [5.41, 5.74) is -3.07. The molecule has 2 atom stereocenters. The Morgan fingerprint density at radius 1 is 0.868 bits per heavy atom. The Labute approximate surface area is 219 Å². The summed E-state index contributed by atoms with van der Waals surface area (Å²) in [5.74, 6) is 0.0868. The summed E-state index contributed by atoms with van der Waals surface area (Å²) in [5, 5.41) is -0.117. The number of rotatable bonds is 10. The Balaban J connectivity index is 1.91. The number of benzene rings is 2. The Kier molecular flexibility index (Phi) is 7.33. The Hall–Kier alpha value is -3.37. The molecule has 0 aliphatic rings. The van der Waals surface area contributed by atoms with Gasteiger partial charge in [-0.2, -0.15) is 8.42 Å². The second-order valence-electron chi connectivity index (χ2n) is 10.3. The first-order valence-electron chi connectivity index (χ1n) is 12.9. The zero-order valence-corrected chi connectivity index (χ0v) is 22.8. The van der Waals surface area contributed by atoms with E-state index in [9.17, 15) is 32.1 Å². The van der Waals surface area contributed by atoms with E-state index in [2.05, 4.69) is 20.8 Å². The molecule has 0 saturated heterocycles. The van der Waals surface area contributed by atoms with Gasteiger partial charge >= 0.3 is 0 Å². The molecule has 38 heavy (non-hydrogen) atoms. The quantitative estimate of drug-likeness (QED) is 0.303. The second kappa shape index (κ2) is 10.1. The van der Waals surface area contributed by atoms with Gasteiger partial charge in [0.25, 0.3) is 32.4 Å². The number of aromatic nitrogens is 2. The molecule has 0 aliphatic carbocycles. The fourth-order valence-electron chi connectivity index (χ4n) is 5.58. The van der Waals surface area contributed by atoms with E-state index in [0.29, 0.717) is 4.57 Å². The van der Waals surface area contributed by atoms with E-state index in [1.807, 2.05) is 6.92 Å². The predicted octanol–water partition coefficient (Wildman–Crippen LogP) is 3.78. The summed E-state index contributed by atoms with van der Waals surface area (Å²) in [7, 11) is -4.74. The monoisotopic (exact) mass is 540 g/mol. The van der Waals surface area contributed by atoms with Gasteiger partial charge < -0.3 is 0 Å². The summed E-state index contributed by atoms with van der Waals surface area (Å²) in [6, 6.07) is 7.57. The zero-order chi connectivity index (χ0) is 28.0. The highest BCUT2D eigenvalue weighted by atomic mass is 32.2. The van der Waals surface area contributed by atoms with Gasteiger partial charge in [-0.15, -0.1) is 0 Å². The molecule has 202 valence electrons.